The van der Waals surface area contributed by atoms with E-state index in [2.05, 4.69) is 10.3 Å². The Morgan fingerprint density at radius 3 is 2.92 bits per heavy atom. The van der Waals surface area contributed by atoms with Crippen LogP contribution in [0.25, 0.3) is 11.0 Å². The summed E-state index contributed by atoms with van der Waals surface area (Å²) >= 11 is 0. The van der Waals surface area contributed by atoms with Gasteiger partial charge in [0.05, 0.1) is 0 Å². The van der Waals surface area contributed by atoms with Crippen LogP contribution in [0.2, 0.25) is 0 Å². The predicted octanol–water partition coefficient (Wildman–Crippen LogP) is 2.45. The van der Waals surface area contributed by atoms with E-state index in [1.165, 1.54) is 6.07 Å². The van der Waals surface area contributed by atoms with Crippen molar-refractivity contribution in [2.75, 3.05) is 0 Å². The molecule has 6 heteroatoms. The second kappa shape index (κ2) is 7.17. The maximum Gasteiger partial charge on any atom is 0.339 e. The monoisotopic (exact) mass is 338 g/mol. The maximum absolute atomic E-state index is 12.2. The van der Waals surface area contributed by atoms with Crippen LogP contribution >= 0.6 is 0 Å². The van der Waals surface area contributed by atoms with Crippen LogP contribution < -0.4 is 10.9 Å². The summed E-state index contributed by atoms with van der Waals surface area (Å²) in [7, 11) is 0. The van der Waals surface area contributed by atoms with Gasteiger partial charge in [0, 0.05) is 42.4 Å². The Balaban J connectivity index is 1.69. The highest BCUT2D eigenvalue weighted by atomic mass is 16.4. The van der Waals surface area contributed by atoms with Gasteiger partial charge in [-0.25, -0.2) is 4.79 Å². The van der Waals surface area contributed by atoms with Gasteiger partial charge in [-0.2, -0.15) is 0 Å². The van der Waals surface area contributed by atoms with Gasteiger partial charge in [-0.1, -0.05) is 6.07 Å². The fraction of sp³-hybridized carbons (Fsp3) is 0.211. The zero-order valence-corrected chi connectivity index (χ0v) is 13.8. The summed E-state index contributed by atoms with van der Waals surface area (Å²) in [4.78, 5) is 28.2. The van der Waals surface area contributed by atoms with E-state index in [0.717, 1.165) is 16.5 Å². The van der Waals surface area contributed by atoms with Crippen molar-refractivity contribution < 1.29 is 14.3 Å². The molecule has 25 heavy (non-hydrogen) atoms. The molecule has 0 radical (unpaired) electrons. The van der Waals surface area contributed by atoms with E-state index < -0.39 is 5.63 Å². The number of rotatable bonds is 5. The smallest absolute Gasteiger partial charge is 0.339 e. The average Bonchev–Trinajstić information content (AvgIpc) is 2.60. The quantitative estimate of drug-likeness (QED) is 0.697. The SMILES string of the molecule is Cc1c(CCC(=O)NCc2cccnc2)c(=O)oc2cc(O)ccc12. The minimum atomic E-state index is -0.476. The molecule has 0 unspecified atom stereocenters. The number of phenolic OH excluding ortho intramolecular Hbond substituents is 1. The molecule has 6 nitrogen and oxygen atoms in total. The van der Waals surface area contributed by atoms with Crippen LogP contribution in [0.5, 0.6) is 5.75 Å². The number of phenols is 1. The molecule has 2 heterocycles. The molecule has 1 aromatic carbocycles. The Hall–Kier alpha value is -3.15. The van der Waals surface area contributed by atoms with Gasteiger partial charge < -0.3 is 14.8 Å². The van der Waals surface area contributed by atoms with Crippen molar-refractivity contribution in [3.8, 4) is 5.75 Å². The van der Waals surface area contributed by atoms with Crippen LogP contribution in [-0.4, -0.2) is 16.0 Å². The molecule has 0 aliphatic heterocycles. The first-order valence-corrected chi connectivity index (χ1v) is 7.95. The Morgan fingerprint density at radius 1 is 1.32 bits per heavy atom. The second-order valence-corrected chi connectivity index (χ2v) is 5.81. The number of nitrogens with zero attached hydrogens (tertiary/aromatic N) is 1. The van der Waals surface area contributed by atoms with E-state index in [1.54, 1.807) is 24.5 Å². The summed E-state index contributed by atoms with van der Waals surface area (Å²) < 4.78 is 5.26. The molecular formula is C19H18N2O4. The third kappa shape index (κ3) is 3.85. The van der Waals surface area contributed by atoms with Crippen LogP contribution in [-0.2, 0) is 17.8 Å². The Bertz CT molecular complexity index is 964. The lowest BCUT2D eigenvalue weighted by Gasteiger charge is -2.08. The van der Waals surface area contributed by atoms with E-state index in [0.29, 0.717) is 24.1 Å². The van der Waals surface area contributed by atoms with Crippen LogP contribution in [0.15, 0.2) is 51.9 Å². The van der Waals surface area contributed by atoms with Gasteiger partial charge in [0.2, 0.25) is 5.91 Å². The van der Waals surface area contributed by atoms with E-state index in [1.807, 2.05) is 19.1 Å². The number of nitrogens with one attached hydrogen (secondary N) is 1. The molecule has 2 N–H and O–H groups in total. The molecule has 3 aromatic rings. The molecule has 3 rings (SSSR count). The average molecular weight is 338 g/mol. The lowest BCUT2D eigenvalue weighted by Crippen LogP contribution is -2.24. The number of aryl methyl sites for hydroxylation is 1. The fourth-order valence-corrected chi connectivity index (χ4v) is 2.70. The number of hydrogen-bond donors (Lipinski definition) is 2. The van der Waals surface area contributed by atoms with Crippen LogP contribution in [0, 0.1) is 6.92 Å². The summed E-state index contributed by atoms with van der Waals surface area (Å²) in [5, 5.41) is 13.1. The summed E-state index contributed by atoms with van der Waals surface area (Å²) in [6.07, 6.45) is 3.85. The number of carbonyl (C=O) groups excluding carboxylic acids is 1. The fourth-order valence-electron chi connectivity index (χ4n) is 2.70. The van der Waals surface area contributed by atoms with Crippen molar-refractivity contribution >= 4 is 16.9 Å². The molecule has 0 bridgehead atoms. The standard InChI is InChI=1S/C19H18N2O4/c1-12-15-5-4-14(22)9-17(15)25-19(24)16(12)6-7-18(23)21-11-13-3-2-8-20-10-13/h2-5,8-10,22H,6-7,11H2,1H3,(H,21,23). The number of fused-ring (bicyclic) bond motifs is 1. The van der Waals surface area contributed by atoms with Crippen LogP contribution in [0.1, 0.15) is 23.1 Å². The van der Waals surface area contributed by atoms with Gasteiger partial charge in [-0.15, -0.1) is 0 Å². The highest BCUT2D eigenvalue weighted by Crippen LogP contribution is 2.23. The number of hydrogen-bond acceptors (Lipinski definition) is 5. The van der Waals surface area contributed by atoms with Gasteiger partial charge >= 0.3 is 5.63 Å². The molecule has 0 aliphatic carbocycles. The van der Waals surface area contributed by atoms with Gasteiger partial charge in [0.25, 0.3) is 0 Å². The number of aromatic hydroxyl groups is 1. The number of benzene rings is 1. The van der Waals surface area contributed by atoms with E-state index >= 15 is 0 Å². The first kappa shape index (κ1) is 16.7. The Kier molecular flexibility index (Phi) is 4.79. The van der Waals surface area contributed by atoms with Crippen LogP contribution in [0.3, 0.4) is 0 Å². The third-order valence-electron chi connectivity index (χ3n) is 4.09. The van der Waals surface area contributed by atoms with E-state index in [4.69, 9.17) is 4.42 Å². The Labute approximate surface area is 144 Å². The molecule has 0 atom stereocenters. The topological polar surface area (TPSA) is 92.4 Å². The lowest BCUT2D eigenvalue weighted by atomic mass is 10.0. The molecule has 0 fully saturated rings. The summed E-state index contributed by atoms with van der Waals surface area (Å²) in [5.74, 6) is -0.106. The molecule has 0 saturated carbocycles. The third-order valence-corrected chi connectivity index (χ3v) is 4.09. The van der Waals surface area contributed by atoms with E-state index in [9.17, 15) is 14.7 Å². The number of carbonyl (C=O) groups is 1. The zero-order chi connectivity index (χ0) is 17.8. The van der Waals surface area contributed by atoms with Gasteiger partial charge in [0.15, 0.2) is 0 Å². The first-order chi connectivity index (χ1) is 12.0. The molecule has 128 valence electrons. The second-order valence-electron chi connectivity index (χ2n) is 5.81. The normalized spacial score (nSPS) is 10.8. The molecule has 0 saturated heterocycles. The van der Waals surface area contributed by atoms with Crippen molar-refractivity contribution in [1.29, 1.82) is 0 Å². The molecule has 0 spiro atoms. The van der Waals surface area contributed by atoms with Gasteiger partial charge in [-0.05, 0) is 42.7 Å². The van der Waals surface area contributed by atoms with Gasteiger partial charge in [-0.3, -0.25) is 9.78 Å². The summed E-state index contributed by atoms with van der Waals surface area (Å²) in [5.41, 5.74) is 2.03. The Morgan fingerprint density at radius 2 is 2.16 bits per heavy atom. The molecule has 0 aliphatic rings. The first-order valence-electron chi connectivity index (χ1n) is 7.95. The minimum Gasteiger partial charge on any atom is -0.508 e. The largest absolute Gasteiger partial charge is 0.508 e. The maximum atomic E-state index is 12.2. The number of pyridine rings is 1. The van der Waals surface area contributed by atoms with Crippen molar-refractivity contribution in [2.24, 2.45) is 0 Å². The van der Waals surface area contributed by atoms with Crippen molar-refractivity contribution in [3.63, 3.8) is 0 Å². The van der Waals surface area contributed by atoms with Crippen LogP contribution in [0.4, 0.5) is 0 Å². The van der Waals surface area contributed by atoms with Crippen molar-refractivity contribution in [1.82, 2.24) is 10.3 Å². The van der Waals surface area contributed by atoms with Crippen molar-refractivity contribution in [3.05, 3.63) is 69.8 Å². The predicted molar refractivity (Wildman–Crippen MR) is 93.3 cm³/mol. The minimum absolute atomic E-state index is 0.0394. The number of amides is 1. The summed E-state index contributed by atoms with van der Waals surface area (Å²) in [6.45, 7) is 2.22. The highest BCUT2D eigenvalue weighted by molar-refractivity contribution is 5.82. The molecule has 2 aromatic heterocycles. The van der Waals surface area contributed by atoms with Crippen molar-refractivity contribution in [2.45, 2.75) is 26.3 Å². The van der Waals surface area contributed by atoms with Gasteiger partial charge in [0.1, 0.15) is 11.3 Å². The number of aromatic nitrogens is 1. The zero-order valence-electron chi connectivity index (χ0n) is 13.8. The molecule has 1 amide bonds. The lowest BCUT2D eigenvalue weighted by molar-refractivity contribution is -0.121. The summed E-state index contributed by atoms with van der Waals surface area (Å²) in [6, 6.07) is 8.34. The van der Waals surface area contributed by atoms with E-state index in [-0.39, 0.29) is 18.1 Å². The highest BCUT2D eigenvalue weighted by Gasteiger charge is 2.13. The molecular weight excluding hydrogens is 320 g/mol.